The predicted octanol–water partition coefficient (Wildman–Crippen LogP) is 5.32. The number of halogens is 6. The molecule has 0 fully saturated rings. The van der Waals surface area contributed by atoms with Crippen LogP contribution in [0.3, 0.4) is 0 Å². The molecule has 3 aromatic rings. The predicted molar refractivity (Wildman–Crippen MR) is 101 cm³/mol. The van der Waals surface area contributed by atoms with Gasteiger partial charge in [0.05, 0.1) is 16.8 Å². The monoisotopic (exact) mass is 440 g/mol. The van der Waals surface area contributed by atoms with Crippen molar-refractivity contribution in [2.24, 2.45) is 0 Å². The second-order valence-electron chi connectivity index (χ2n) is 6.60. The van der Waals surface area contributed by atoms with Crippen LogP contribution in [0, 0.1) is 6.92 Å². The maximum absolute atomic E-state index is 13.0. The van der Waals surface area contributed by atoms with Crippen molar-refractivity contribution in [1.82, 2.24) is 9.97 Å². The van der Waals surface area contributed by atoms with Gasteiger partial charge in [0, 0.05) is 23.0 Å². The molecule has 0 saturated carbocycles. The zero-order chi connectivity index (χ0) is 23.0. The van der Waals surface area contributed by atoms with Gasteiger partial charge in [-0.3, -0.25) is 10.1 Å². The molecule has 0 bridgehead atoms. The van der Waals surface area contributed by atoms with Gasteiger partial charge >= 0.3 is 12.4 Å². The van der Waals surface area contributed by atoms with Gasteiger partial charge in [0.15, 0.2) is 0 Å². The lowest BCUT2D eigenvalue weighted by atomic mass is 10.0. The topological polar surface area (TPSA) is 80.9 Å². The van der Waals surface area contributed by atoms with E-state index in [4.69, 9.17) is 5.73 Å². The summed E-state index contributed by atoms with van der Waals surface area (Å²) in [5, 5.41) is 2.14. The summed E-state index contributed by atoms with van der Waals surface area (Å²) in [7, 11) is 0. The Morgan fingerprint density at radius 3 is 2.00 bits per heavy atom. The lowest BCUT2D eigenvalue weighted by Gasteiger charge is -2.14. The highest BCUT2D eigenvalue weighted by atomic mass is 19.4. The molecule has 1 amide bonds. The SMILES string of the molecule is Cc1cnc(NC(=O)c2cc(C(F)(F)F)cc(C(F)(F)F)c2)nc1-c1ccc(N)cc1. The molecule has 5 nitrogen and oxygen atoms in total. The van der Waals surface area contributed by atoms with E-state index >= 15 is 0 Å². The Kier molecular flexibility index (Phi) is 5.62. The third-order valence-electron chi connectivity index (χ3n) is 4.23. The molecule has 0 aliphatic carbocycles. The highest BCUT2D eigenvalue weighted by Gasteiger charge is 2.37. The largest absolute Gasteiger partial charge is 0.416 e. The molecule has 0 unspecified atom stereocenters. The maximum atomic E-state index is 13.0. The summed E-state index contributed by atoms with van der Waals surface area (Å²) in [6.45, 7) is 1.69. The van der Waals surface area contributed by atoms with Gasteiger partial charge in [-0.2, -0.15) is 26.3 Å². The van der Waals surface area contributed by atoms with Crippen molar-refractivity contribution in [2.45, 2.75) is 19.3 Å². The van der Waals surface area contributed by atoms with E-state index in [2.05, 4.69) is 15.3 Å². The molecular formula is C20H14F6N4O. The molecule has 0 spiro atoms. The summed E-state index contributed by atoms with van der Waals surface area (Å²) < 4.78 is 78.0. The van der Waals surface area contributed by atoms with Crippen LogP contribution in [0.4, 0.5) is 38.0 Å². The minimum atomic E-state index is -5.07. The van der Waals surface area contributed by atoms with Gasteiger partial charge in [0.25, 0.3) is 5.91 Å². The summed E-state index contributed by atoms with van der Waals surface area (Å²) in [6, 6.07) is 7.18. The molecule has 1 heterocycles. The van der Waals surface area contributed by atoms with E-state index in [0.29, 0.717) is 34.6 Å². The number of nitrogen functional groups attached to an aromatic ring is 1. The minimum Gasteiger partial charge on any atom is -0.399 e. The molecular weight excluding hydrogens is 426 g/mol. The fourth-order valence-corrected chi connectivity index (χ4v) is 2.70. The van der Waals surface area contributed by atoms with Crippen LogP contribution < -0.4 is 11.1 Å². The minimum absolute atomic E-state index is 0.0572. The first-order valence-electron chi connectivity index (χ1n) is 8.65. The second-order valence-corrected chi connectivity index (χ2v) is 6.60. The molecule has 162 valence electrons. The molecule has 0 radical (unpaired) electrons. The van der Waals surface area contributed by atoms with Crippen molar-refractivity contribution in [1.29, 1.82) is 0 Å². The van der Waals surface area contributed by atoms with Crippen molar-refractivity contribution < 1.29 is 31.1 Å². The summed E-state index contributed by atoms with van der Waals surface area (Å²) in [4.78, 5) is 20.4. The molecule has 31 heavy (non-hydrogen) atoms. The third kappa shape index (κ3) is 5.11. The van der Waals surface area contributed by atoms with Crippen LogP contribution in [-0.4, -0.2) is 15.9 Å². The van der Waals surface area contributed by atoms with E-state index < -0.39 is 35.0 Å². The van der Waals surface area contributed by atoms with Gasteiger partial charge < -0.3 is 5.73 Å². The number of aryl methyl sites for hydroxylation is 1. The van der Waals surface area contributed by atoms with E-state index in [1.54, 1.807) is 31.2 Å². The fraction of sp³-hybridized carbons (Fsp3) is 0.150. The van der Waals surface area contributed by atoms with Gasteiger partial charge in [-0.05, 0) is 42.8 Å². The zero-order valence-corrected chi connectivity index (χ0v) is 15.8. The van der Waals surface area contributed by atoms with E-state index in [0.717, 1.165) is 0 Å². The highest BCUT2D eigenvalue weighted by molar-refractivity contribution is 6.03. The lowest BCUT2D eigenvalue weighted by Crippen LogP contribution is -2.18. The number of hydrogen-bond donors (Lipinski definition) is 2. The van der Waals surface area contributed by atoms with Crippen LogP contribution >= 0.6 is 0 Å². The van der Waals surface area contributed by atoms with Crippen molar-refractivity contribution in [3.63, 3.8) is 0 Å². The van der Waals surface area contributed by atoms with Gasteiger partial charge in [-0.25, -0.2) is 9.97 Å². The first kappa shape index (κ1) is 22.1. The molecule has 2 aromatic carbocycles. The number of rotatable bonds is 3. The quantitative estimate of drug-likeness (QED) is 0.427. The highest BCUT2D eigenvalue weighted by Crippen LogP contribution is 2.36. The molecule has 1 aromatic heterocycles. The summed E-state index contributed by atoms with van der Waals surface area (Å²) in [6.07, 6.45) is -8.78. The summed E-state index contributed by atoms with van der Waals surface area (Å²) >= 11 is 0. The van der Waals surface area contributed by atoms with E-state index in [-0.39, 0.29) is 12.0 Å². The van der Waals surface area contributed by atoms with Crippen LogP contribution in [0.5, 0.6) is 0 Å². The number of carbonyl (C=O) groups is 1. The molecule has 0 aliphatic rings. The Morgan fingerprint density at radius 2 is 1.48 bits per heavy atom. The zero-order valence-electron chi connectivity index (χ0n) is 15.8. The van der Waals surface area contributed by atoms with E-state index in [1.165, 1.54) is 6.20 Å². The maximum Gasteiger partial charge on any atom is 0.416 e. The van der Waals surface area contributed by atoms with Gasteiger partial charge in [0.2, 0.25) is 5.95 Å². The van der Waals surface area contributed by atoms with Crippen LogP contribution in [0.15, 0.2) is 48.7 Å². The number of carbonyl (C=O) groups excluding carboxylic acids is 1. The van der Waals surface area contributed by atoms with Crippen molar-refractivity contribution in [3.8, 4) is 11.3 Å². The standard InChI is InChI=1S/C20H14F6N4O/c1-10-9-28-18(29-16(10)11-2-4-15(27)5-3-11)30-17(31)12-6-13(19(21,22)23)8-14(7-12)20(24,25)26/h2-9H,27H2,1H3,(H,28,29,30,31). The smallest absolute Gasteiger partial charge is 0.399 e. The number of nitrogens with one attached hydrogen (secondary N) is 1. The Balaban J connectivity index is 1.96. The third-order valence-corrected chi connectivity index (χ3v) is 4.23. The Bertz CT molecular complexity index is 1090. The number of nitrogens with two attached hydrogens (primary N) is 1. The lowest BCUT2D eigenvalue weighted by molar-refractivity contribution is -0.143. The van der Waals surface area contributed by atoms with Crippen molar-refractivity contribution in [3.05, 3.63) is 70.9 Å². The first-order valence-corrected chi connectivity index (χ1v) is 8.65. The van der Waals surface area contributed by atoms with Crippen molar-refractivity contribution >= 4 is 17.5 Å². The number of aromatic nitrogens is 2. The van der Waals surface area contributed by atoms with Crippen LogP contribution in [-0.2, 0) is 12.4 Å². The van der Waals surface area contributed by atoms with Crippen LogP contribution in [0.2, 0.25) is 0 Å². The number of nitrogens with zero attached hydrogens (tertiary/aromatic N) is 2. The summed E-state index contributed by atoms with van der Waals surface area (Å²) in [5.74, 6) is -1.50. The second kappa shape index (κ2) is 7.89. The molecule has 0 atom stereocenters. The normalized spacial score (nSPS) is 12.0. The number of anilines is 2. The van der Waals surface area contributed by atoms with E-state index in [9.17, 15) is 31.1 Å². The molecule has 11 heteroatoms. The number of benzene rings is 2. The molecule has 3 N–H and O–H groups in total. The average Bonchev–Trinajstić information content (AvgIpc) is 2.68. The van der Waals surface area contributed by atoms with E-state index in [1.807, 2.05) is 0 Å². The Morgan fingerprint density at radius 1 is 0.935 bits per heavy atom. The average molecular weight is 440 g/mol. The number of amides is 1. The molecule has 3 rings (SSSR count). The van der Waals surface area contributed by atoms with Gasteiger partial charge in [0.1, 0.15) is 0 Å². The summed E-state index contributed by atoms with van der Waals surface area (Å²) in [5.41, 5.74) is 3.78. The molecule has 0 aliphatic heterocycles. The molecule has 0 saturated heterocycles. The van der Waals surface area contributed by atoms with Crippen molar-refractivity contribution in [2.75, 3.05) is 11.1 Å². The Hall–Kier alpha value is -3.63. The number of alkyl halides is 6. The Labute approximate surface area is 171 Å². The van der Waals surface area contributed by atoms with Gasteiger partial charge in [-0.15, -0.1) is 0 Å². The van der Waals surface area contributed by atoms with Crippen LogP contribution in [0.1, 0.15) is 27.0 Å². The fourth-order valence-electron chi connectivity index (χ4n) is 2.70. The van der Waals surface area contributed by atoms with Crippen LogP contribution in [0.25, 0.3) is 11.3 Å². The van der Waals surface area contributed by atoms with Gasteiger partial charge in [-0.1, -0.05) is 12.1 Å². The first-order chi connectivity index (χ1) is 14.3. The number of hydrogen-bond acceptors (Lipinski definition) is 4.